The van der Waals surface area contributed by atoms with Crippen LogP contribution in [0.1, 0.15) is 27.8 Å². The first-order valence-corrected chi connectivity index (χ1v) is 10.3. The number of anilines is 1. The Morgan fingerprint density at radius 1 is 1.00 bits per heavy atom. The monoisotopic (exact) mass is 404 g/mol. The summed E-state index contributed by atoms with van der Waals surface area (Å²) in [5.74, 6) is 0.997. The predicted molar refractivity (Wildman–Crippen MR) is 122 cm³/mol. The molecule has 5 nitrogen and oxygen atoms in total. The van der Waals surface area contributed by atoms with Crippen LogP contribution in [0, 0.1) is 18.3 Å². The summed E-state index contributed by atoms with van der Waals surface area (Å²) in [6, 6.07) is 25.0. The van der Waals surface area contributed by atoms with Crippen molar-refractivity contribution in [3.8, 4) is 6.07 Å². The van der Waals surface area contributed by atoms with Crippen LogP contribution in [0.2, 0.25) is 0 Å². The molecule has 5 rings (SSSR count). The lowest BCUT2D eigenvalue weighted by atomic mass is 9.97. The zero-order chi connectivity index (χ0) is 21.2. The topological polar surface area (TPSA) is 68.6 Å². The summed E-state index contributed by atoms with van der Waals surface area (Å²) in [6.07, 6.45) is 4.39. The van der Waals surface area contributed by atoms with Crippen molar-refractivity contribution < 1.29 is 4.40 Å². The fourth-order valence-electron chi connectivity index (χ4n) is 4.15. The SMILES string of the molecule is Cc1c(Cc2ccccc2)c(NCc2cccnc2)[n+]2c([nH]c3ccccc32)c1C#N. The second-order valence-corrected chi connectivity index (χ2v) is 7.64. The van der Waals surface area contributed by atoms with E-state index in [2.05, 4.69) is 62.2 Å². The van der Waals surface area contributed by atoms with E-state index in [9.17, 15) is 5.26 Å². The molecule has 5 heteroatoms. The van der Waals surface area contributed by atoms with Gasteiger partial charge < -0.3 is 5.32 Å². The zero-order valence-corrected chi connectivity index (χ0v) is 17.3. The number of aromatic amines is 1. The van der Waals surface area contributed by atoms with Crippen LogP contribution in [0.15, 0.2) is 79.1 Å². The van der Waals surface area contributed by atoms with E-state index in [0.29, 0.717) is 12.1 Å². The van der Waals surface area contributed by atoms with Crippen molar-refractivity contribution in [1.29, 1.82) is 5.26 Å². The van der Waals surface area contributed by atoms with Gasteiger partial charge in [-0.1, -0.05) is 48.5 Å². The van der Waals surface area contributed by atoms with E-state index in [1.54, 1.807) is 6.20 Å². The first-order chi connectivity index (χ1) is 15.3. The fourth-order valence-corrected chi connectivity index (χ4v) is 4.15. The molecule has 0 spiro atoms. The highest BCUT2D eigenvalue weighted by Gasteiger charge is 2.25. The van der Waals surface area contributed by atoms with Crippen LogP contribution in [0.4, 0.5) is 5.82 Å². The van der Waals surface area contributed by atoms with E-state index in [-0.39, 0.29) is 0 Å². The number of benzene rings is 2. The molecule has 150 valence electrons. The molecular formula is C26H22N5+. The Balaban J connectivity index is 1.76. The van der Waals surface area contributed by atoms with Crippen LogP contribution >= 0.6 is 0 Å². The summed E-state index contributed by atoms with van der Waals surface area (Å²) < 4.78 is 2.15. The lowest BCUT2D eigenvalue weighted by Crippen LogP contribution is -2.30. The Morgan fingerprint density at radius 2 is 1.77 bits per heavy atom. The van der Waals surface area contributed by atoms with Gasteiger partial charge in [0.15, 0.2) is 0 Å². The van der Waals surface area contributed by atoms with Gasteiger partial charge in [0.25, 0.3) is 0 Å². The summed E-state index contributed by atoms with van der Waals surface area (Å²) in [7, 11) is 0. The standard InChI is InChI=1S/C26H21N5/c1-18-21(14-19-8-3-2-4-9-19)25(29-17-20-10-7-13-28-16-20)31-24-12-6-5-11-23(24)30-26(31)22(18)15-27/h2-13,16H,14,17H2,1H3,(H,29,30)/p+1. The summed E-state index contributed by atoms with van der Waals surface area (Å²) in [4.78, 5) is 7.69. The van der Waals surface area contributed by atoms with Crippen LogP contribution in [-0.2, 0) is 13.0 Å². The maximum atomic E-state index is 10.0. The highest BCUT2D eigenvalue weighted by molar-refractivity contribution is 5.78. The first kappa shape index (κ1) is 18.8. The molecular weight excluding hydrogens is 382 g/mol. The highest BCUT2D eigenvalue weighted by Crippen LogP contribution is 2.27. The molecule has 0 bridgehead atoms. The molecule has 0 unspecified atom stereocenters. The van der Waals surface area contributed by atoms with Crippen molar-refractivity contribution in [2.75, 3.05) is 5.32 Å². The molecule has 0 aliphatic carbocycles. The summed E-state index contributed by atoms with van der Waals surface area (Å²) >= 11 is 0. The van der Waals surface area contributed by atoms with Crippen molar-refractivity contribution in [2.45, 2.75) is 19.9 Å². The van der Waals surface area contributed by atoms with Crippen molar-refractivity contribution in [1.82, 2.24) is 9.97 Å². The molecule has 0 saturated carbocycles. The van der Waals surface area contributed by atoms with Crippen molar-refractivity contribution in [3.05, 3.63) is 107 Å². The van der Waals surface area contributed by atoms with Gasteiger partial charge in [-0.05, 0) is 36.2 Å². The number of nitriles is 1. The lowest BCUT2D eigenvalue weighted by Gasteiger charge is -2.14. The number of pyridine rings is 2. The summed E-state index contributed by atoms with van der Waals surface area (Å²) in [5.41, 5.74) is 7.94. The highest BCUT2D eigenvalue weighted by atomic mass is 15.1. The molecule has 3 aromatic heterocycles. The second-order valence-electron chi connectivity index (χ2n) is 7.64. The molecule has 5 aromatic rings. The number of nitrogens with one attached hydrogen (secondary N) is 2. The molecule has 0 amide bonds. The van der Waals surface area contributed by atoms with Gasteiger partial charge >= 0.3 is 0 Å². The second kappa shape index (κ2) is 7.92. The maximum Gasteiger partial charge on any atom is 0.250 e. The molecule has 0 aliphatic rings. The smallest absolute Gasteiger partial charge is 0.250 e. The molecule has 2 N–H and O–H groups in total. The van der Waals surface area contributed by atoms with Gasteiger partial charge in [-0.3, -0.25) is 9.97 Å². The van der Waals surface area contributed by atoms with Crippen LogP contribution in [0.5, 0.6) is 0 Å². The van der Waals surface area contributed by atoms with Gasteiger partial charge in [0, 0.05) is 29.9 Å². The van der Waals surface area contributed by atoms with Crippen LogP contribution < -0.4 is 9.72 Å². The zero-order valence-electron chi connectivity index (χ0n) is 17.3. The fraction of sp³-hybridized carbons (Fsp3) is 0.115. The minimum atomic E-state index is 0.641. The average Bonchev–Trinajstić information content (AvgIpc) is 3.19. The van der Waals surface area contributed by atoms with Crippen LogP contribution in [0.25, 0.3) is 16.7 Å². The van der Waals surface area contributed by atoms with Gasteiger partial charge in [-0.15, -0.1) is 0 Å². The number of para-hydroxylation sites is 2. The quantitative estimate of drug-likeness (QED) is 0.418. The van der Waals surface area contributed by atoms with Gasteiger partial charge in [-0.2, -0.15) is 9.66 Å². The number of hydrogen-bond donors (Lipinski definition) is 2. The number of H-pyrrole nitrogens is 1. The van der Waals surface area contributed by atoms with Crippen molar-refractivity contribution in [3.63, 3.8) is 0 Å². The van der Waals surface area contributed by atoms with E-state index < -0.39 is 0 Å². The third kappa shape index (κ3) is 3.38. The molecule has 0 aliphatic heterocycles. The Bertz CT molecular complexity index is 1410. The number of nitrogens with zero attached hydrogens (tertiary/aromatic N) is 3. The third-order valence-electron chi connectivity index (χ3n) is 5.71. The largest absolute Gasteiger partial charge is 0.301 e. The van der Waals surface area contributed by atoms with Gasteiger partial charge in [0.1, 0.15) is 22.7 Å². The van der Waals surface area contributed by atoms with E-state index >= 15 is 0 Å². The van der Waals surface area contributed by atoms with Crippen LogP contribution in [0.3, 0.4) is 0 Å². The van der Waals surface area contributed by atoms with E-state index in [1.165, 1.54) is 5.56 Å². The third-order valence-corrected chi connectivity index (χ3v) is 5.71. The van der Waals surface area contributed by atoms with E-state index in [0.717, 1.165) is 45.6 Å². The molecule has 0 saturated heterocycles. The molecule has 2 aromatic carbocycles. The van der Waals surface area contributed by atoms with E-state index in [4.69, 9.17) is 0 Å². The summed E-state index contributed by atoms with van der Waals surface area (Å²) in [5, 5.41) is 13.7. The lowest BCUT2D eigenvalue weighted by molar-refractivity contribution is -0.465. The number of hydrogen-bond acceptors (Lipinski definition) is 3. The number of aromatic nitrogens is 3. The molecule has 0 atom stereocenters. The minimum absolute atomic E-state index is 0.641. The Kier molecular flexibility index (Phi) is 4.81. The number of rotatable bonds is 5. The van der Waals surface area contributed by atoms with Gasteiger partial charge in [0.05, 0.1) is 6.54 Å². The molecule has 3 heterocycles. The normalized spacial score (nSPS) is 11.0. The van der Waals surface area contributed by atoms with Crippen molar-refractivity contribution >= 4 is 22.5 Å². The Morgan fingerprint density at radius 3 is 2.55 bits per heavy atom. The predicted octanol–water partition coefficient (Wildman–Crippen LogP) is 4.68. The number of imidazole rings is 1. The maximum absolute atomic E-state index is 10.0. The first-order valence-electron chi connectivity index (χ1n) is 10.3. The molecule has 0 fully saturated rings. The Hall–Kier alpha value is -4.17. The molecule has 0 radical (unpaired) electrons. The van der Waals surface area contributed by atoms with E-state index in [1.807, 2.05) is 43.5 Å². The van der Waals surface area contributed by atoms with Gasteiger partial charge in [-0.25, -0.2) is 0 Å². The average molecular weight is 404 g/mol. The van der Waals surface area contributed by atoms with Gasteiger partial charge in [0.2, 0.25) is 11.5 Å². The van der Waals surface area contributed by atoms with Crippen LogP contribution in [-0.4, -0.2) is 9.97 Å². The molecule has 31 heavy (non-hydrogen) atoms. The summed E-state index contributed by atoms with van der Waals surface area (Å²) in [6.45, 7) is 2.68. The van der Waals surface area contributed by atoms with Crippen molar-refractivity contribution in [2.24, 2.45) is 0 Å². The number of fused-ring (bicyclic) bond motifs is 3. The minimum Gasteiger partial charge on any atom is -0.301 e. The Labute approximate surface area is 180 Å².